The highest BCUT2D eigenvalue weighted by molar-refractivity contribution is 7.79. The van der Waals surface area contributed by atoms with Gasteiger partial charge in [-0.15, -0.1) is 0 Å². The second kappa shape index (κ2) is 18.5. The average molecular weight is 700 g/mol. The van der Waals surface area contributed by atoms with Crippen molar-refractivity contribution in [2.75, 3.05) is 19.7 Å². The van der Waals surface area contributed by atoms with E-state index >= 15 is 0 Å². The molecule has 1 saturated carbocycles. The number of aliphatic hydroxyl groups excluding tert-OH is 8. The smallest absolute Gasteiger partial charge is 0.394 e. The molecule has 0 bridgehead atoms. The van der Waals surface area contributed by atoms with Gasteiger partial charge in [-0.05, 0) is 19.4 Å². The Balaban J connectivity index is 0.00000163. The molecule has 0 radical (unpaired) electrons. The molecule has 0 spiro atoms. The third-order valence-electron chi connectivity index (χ3n) is 7.51. The number of nitrogens with two attached hydrogens (primary N) is 4. The molecule has 19 N–H and O–H groups in total. The molecule has 2 aliphatic heterocycles. The Labute approximate surface area is 264 Å². The van der Waals surface area contributed by atoms with Gasteiger partial charge in [0.15, 0.2) is 12.6 Å². The van der Waals surface area contributed by atoms with Crippen LogP contribution in [0.3, 0.4) is 0 Å². The minimum atomic E-state index is -4.67. The Kier molecular flexibility index (Phi) is 17.1. The van der Waals surface area contributed by atoms with Crippen LogP contribution in [0.1, 0.15) is 20.3 Å². The Bertz CT molecular complexity index is 1020. The molecule has 274 valence electrons. The minimum absolute atomic E-state index is 0. The van der Waals surface area contributed by atoms with Crippen molar-refractivity contribution in [3.05, 3.63) is 0 Å². The molecule has 3 rings (SSSR count). The second-order valence-corrected chi connectivity index (χ2v) is 11.7. The fraction of sp³-hybridized carbons (Fsp3) is 0.957. The fourth-order valence-electron chi connectivity index (χ4n) is 5.07. The van der Waals surface area contributed by atoms with Crippen LogP contribution in [0.2, 0.25) is 0 Å². The van der Waals surface area contributed by atoms with Crippen molar-refractivity contribution in [1.82, 2.24) is 5.32 Å². The number of amides is 1. The molecular weight excluding hydrogens is 650 g/mol. The monoisotopic (exact) mass is 699 g/mol. The van der Waals surface area contributed by atoms with Gasteiger partial charge in [0, 0.05) is 12.6 Å². The highest BCUT2D eigenvalue weighted by Crippen LogP contribution is 2.32. The molecule has 23 heteroatoms. The molecule has 0 aromatic rings. The SMILES string of the molecule is C.NCC[C@H](O)C(=O)N[C@@H]1C[C@H](N)[C@@H](O[C@H]2O[C@H](CN)[C@@H](O)[C@H](O)[C@H]2O)[C@H](O)[C@H]1O[C@H]1O[C@H](CO)[C@@H](O)[C@H](N)[C@H]1O.O=S(=O)(O)O. The van der Waals surface area contributed by atoms with Crippen LogP contribution in [-0.2, 0) is 34.1 Å². The number of aliphatic hydroxyl groups is 8. The number of rotatable bonds is 10. The third kappa shape index (κ3) is 11.1. The summed E-state index contributed by atoms with van der Waals surface area (Å²) in [5, 5.41) is 84.9. The van der Waals surface area contributed by atoms with Crippen molar-refractivity contribution in [2.24, 2.45) is 22.9 Å². The molecule has 16 atom stereocenters. The van der Waals surface area contributed by atoms with E-state index in [0.717, 1.165) is 0 Å². The summed E-state index contributed by atoms with van der Waals surface area (Å²) in [6.45, 7) is -0.898. The molecule has 1 aliphatic carbocycles. The van der Waals surface area contributed by atoms with Crippen molar-refractivity contribution < 1.29 is 82.1 Å². The van der Waals surface area contributed by atoms with Crippen molar-refractivity contribution >= 4 is 16.3 Å². The summed E-state index contributed by atoms with van der Waals surface area (Å²) in [6, 6.07) is -3.45. The van der Waals surface area contributed by atoms with Gasteiger partial charge in [-0.2, -0.15) is 8.42 Å². The molecule has 46 heavy (non-hydrogen) atoms. The van der Waals surface area contributed by atoms with E-state index in [9.17, 15) is 45.6 Å². The first-order valence-corrected chi connectivity index (χ1v) is 15.2. The van der Waals surface area contributed by atoms with E-state index in [1.165, 1.54) is 0 Å². The summed E-state index contributed by atoms with van der Waals surface area (Å²) in [7, 11) is -4.67. The summed E-state index contributed by atoms with van der Waals surface area (Å²) < 4.78 is 54.1. The lowest BCUT2D eigenvalue weighted by Gasteiger charge is -2.49. The maximum absolute atomic E-state index is 12.6. The van der Waals surface area contributed by atoms with Gasteiger partial charge in [-0.25, -0.2) is 0 Å². The maximum atomic E-state index is 12.6. The zero-order valence-corrected chi connectivity index (χ0v) is 24.6. The lowest BCUT2D eigenvalue weighted by molar-refractivity contribution is -0.332. The van der Waals surface area contributed by atoms with Crippen molar-refractivity contribution in [2.45, 2.75) is 118 Å². The quantitative estimate of drug-likeness (QED) is 0.0941. The van der Waals surface area contributed by atoms with Gasteiger partial charge in [-0.1, -0.05) is 7.43 Å². The van der Waals surface area contributed by atoms with Gasteiger partial charge < -0.3 is 88.1 Å². The lowest BCUT2D eigenvalue weighted by Crippen LogP contribution is -2.69. The molecule has 3 aliphatic rings. The van der Waals surface area contributed by atoms with Crippen molar-refractivity contribution in [3.63, 3.8) is 0 Å². The first kappa shape index (κ1) is 42.7. The van der Waals surface area contributed by atoms with E-state index in [-0.39, 0.29) is 33.4 Å². The van der Waals surface area contributed by atoms with Gasteiger partial charge >= 0.3 is 10.4 Å². The third-order valence-corrected chi connectivity index (χ3v) is 7.51. The Morgan fingerprint density at radius 1 is 0.848 bits per heavy atom. The molecule has 3 fully saturated rings. The fourth-order valence-corrected chi connectivity index (χ4v) is 5.07. The van der Waals surface area contributed by atoms with Crippen LogP contribution < -0.4 is 28.3 Å². The first-order valence-electron chi connectivity index (χ1n) is 13.8. The Hall–Kier alpha value is -1.30. The number of carbonyl (C=O) groups is 1. The topological polar surface area (TPSA) is 407 Å². The standard InChI is InChI=1S/C22H43N5O13.CH4.H2O4S/c23-2-1-8(29)20(36)27-7-3-6(25)18(39-22-16(34)15(33)13(31)9(4-24)37-22)17(35)19(7)40-21-14(32)11(26)12(30)10(5-28)38-21;;1-5(2,3)4/h6-19,21-22,28-35H,1-5,23-26H2,(H,27,36);1H4;(H2,1,2,3,4)/t6-,7+,8-,9+,10+,11-,12+,13+,14+,15-,16+,17-,18+,19-,21+,22+;;/m0../s1. The van der Waals surface area contributed by atoms with Crippen LogP contribution in [0, 0.1) is 0 Å². The number of hydrogen-bond donors (Lipinski definition) is 15. The van der Waals surface area contributed by atoms with Crippen LogP contribution in [0.25, 0.3) is 0 Å². The van der Waals surface area contributed by atoms with Crippen LogP contribution in [0.15, 0.2) is 0 Å². The van der Waals surface area contributed by atoms with Gasteiger partial charge in [0.25, 0.3) is 0 Å². The largest absolute Gasteiger partial charge is 0.394 e. The summed E-state index contributed by atoms with van der Waals surface area (Å²) in [6.07, 6.45) is -19.8. The van der Waals surface area contributed by atoms with Crippen LogP contribution in [-0.4, -0.2) is 182 Å². The summed E-state index contributed by atoms with van der Waals surface area (Å²) in [4.78, 5) is 12.6. The normalized spacial score (nSPS) is 42.2. The van der Waals surface area contributed by atoms with E-state index in [0.29, 0.717) is 0 Å². The number of carbonyl (C=O) groups excluding carboxylic acids is 1. The second-order valence-electron chi connectivity index (χ2n) is 10.8. The molecule has 0 aromatic heterocycles. The van der Waals surface area contributed by atoms with Gasteiger partial charge in [0.1, 0.15) is 67.1 Å². The zero-order valence-electron chi connectivity index (χ0n) is 23.8. The molecular formula is C23H49N5O17S. The molecule has 2 saturated heterocycles. The average Bonchev–Trinajstić information content (AvgIpc) is 2.96. The molecule has 1 amide bonds. The Morgan fingerprint density at radius 3 is 1.89 bits per heavy atom. The molecule has 0 aromatic carbocycles. The van der Waals surface area contributed by atoms with E-state index in [4.69, 9.17) is 59.4 Å². The number of ether oxygens (including phenoxy) is 4. The zero-order chi connectivity index (χ0) is 34.4. The predicted octanol–water partition coefficient (Wildman–Crippen LogP) is -8.44. The van der Waals surface area contributed by atoms with Crippen molar-refractivity contribution in [1.29, 1.82) is 0 Å². The van der Waals surface area contributed by atoms with E-state index in [1.807, 2.05) is 0 Å². The predicted molar refractivity (Wildman–Crippen MR) is 152 cm³/mol. The van der Waals surface area contributed by atoms with Crippen LogP contribution >= 0.6 is 0 Å². The Morgan fingerprint density at radius 2 is 1.37 bits per heavy atom. The molecule has 2 heterocycles. The summed E-state index contributed by atoms with van der Waals surface area (Å²) in [5.74, 6) is -0.845. The summed E-state index contributed by atoms with van der Waals surface area (Å²) >= 11 is 0. The first-order chi connectivity index (χ1) is 20.9. The summed E-state index contributed by atoms with van der Waals surface area (Å²) in [5.41, 5.74) is 23.1. The molecule has 22 nitrogen and oxygen atoms in total. The molecule has 0 unspecified atom stereocenters. The van der Waals surface area contributed by atoms with E-state index < -0.39 is 121 Å². The highest BCUT2D eigenvalue weighted by Gasteiger charge is 2.52. The highest BCUT2D eigenvalue weighted by atomic mass is 32.3. The van der Waals surface area contributed by atoms with Crippen LogP contribution in [0.5, 0.6) is 0 Å². The lowest BCUT2D eigenvalue weighted by atomic mass is 9.83. The van der Waals surface area contributed by atoms with Gasteiger partial charge in [0.05, 0.1) is 18.7 Å². The minimum Gasteiger partial charge on any atom is -0.394 e. The number of hydrogen-bond acceptors (Lipinski definition) is 19. The maximum Gasteiger partial charge on any atom is 0.394 e. The van der Waals surface area contributed by atoms with E-state index in [2.05, 4.69) is 5.32 Å². The van der Waals surface area contributed by atoms with Gasteiger partial charge in [-0.3, -0.25) is 13.9 Å². The van der Waals surface area contributed by atoms with Gasteiger partial charge in [0.2, 0.25) is 5.91 Å². The van der Waals surface area contributed by atoms with Crippen LogP contribution in [0.4, 0.5) is 0 Å². The number of nitrogens with one attached hydrogen (secondary N) is 1. The van der Waals surface area contributed by atoms with E-state index in [1.54, 1.807) is 0 Å². The van der Waals surface area contributed by atoms with Crippen molar-refractivity contribution in [3.8, 4) is 0 Å².